The number of rotatable bonds is 4. The normalized spacial score (nSPS) is 10.6. The SMILES string of the molecule is NCCCc1cnc(-c2cccc(O)c2)s1. The third-order valence-electron chi connectivity index (χ3n) is 2.27. The highest BCUT2D eigenvalue weighted by molar-refractivity contribution is 7.15. The minimum atomic E-state index is 0.274. The molecule has 0 saturated carbocycles. The van der Waals surface area contributed by atoms with E-state index in [9.17, 15) is 5.11 Å². The summed E-state index contributed by atoms with van der Waals surface area (Å²) in [5.74, 6) is 0.274. The first kappa shape index (κ1) is 11.1. The minimum Gasteiger partial charge on any atom is -0.508 e. The van der Waals surface area contributed by atoms with E-state index in [2.05, 4.69) is 4.98 Å². The Morgan fingerprint density at radius 3 is 3.00 bits per heavy atom. The first-order chi connectivity index (χ1) is 7.79. The fraction of sp³-hybridized carbons (Fsp3) is 0.250. The molecule has 3 nitrogen and oxygen atoms in total. The molecule has 2 rings (SSSR count). The Hall–Kier alpha value is -1.39. The van der Waals surface area contributed by atoms with E-state index in [4.69, 9.17) is 5.73 Å². The first-order valence-electron chi connectivity index (χ1n) is 5.24. The lowest BCUT2D eigenvalue weighted by molar-refractivity contribution is 0.475. The van der Waals surface area contributed by atoms with Crippen LogP contribution in [0.5, 0.6) is 5.75 Å². The van der Waals surface area contributed by atoms with Crippen LogP contribution in [0.1, 0.15) is 11.3 Å². The molecule has 0 aliphatic rings. The number of aromatic hydroxyl groups is 1. The van der Waals surface area contributed by atoms with Crippen LogP contribution < -0.4 is 5.73 Å². The lowest BCUT2D eigenvalue weighted by Gasteiger charge is -1.96. The second-order valence-corrected chi connectivity index (χ2v) is 4.69. The highest BCUT2D eigenvalue weighted by Crippen LogP contribution is 2.27. The first-order valence-corrected chi connectivity index (χ1v) is 6.05. The van der Waals surface area contributed by atoms with Crippen LogP contribution in [0.25, 0.3) is 10.6 Å². The van der Waals surface area contributed by atoms with Crippen molar-refractivity contribution in [3.63, 3.8) is 0 Å². The van der Waals surface area contributed by atoms with Crippen molar-refractivity contribution in [1.82, 2.24) is 4.98 Å². The highest BCUT2D eigenvalue weighted by atomic mass is 32.1. The standard InChI is InChI=1S/C12H14N2OS/c13-6-2-5-11-8-14-12(16-11)9-3-1-4-10(15)7-9/h1,3-4,7-8,15H,2,5-6,13H2. The van der Waals surface area contributed by atoms with E-state index in [1.54, 1.807) is 23.5 Å². The van der Waals surface area contributed by atoms with Crippen molar-refractivity contribution in [2.75, 3.05) is 6.54 Å². The van der Waals surface area contributed by atoms with Gasteiger partial charge >= 0.3 is 0 Å². The van der Waals surface area contributed by atoms with Crippen molar-refractivity contribution in [3.05, 3.63) is 35.3 Å². The molecule has 84 valence electrons. The number of thiazole rings is 1. The molecule has 0 aliphatic carbocycles. The van der Waals surface area contributed by atoms with E-state index >= 15 is 0 Å². The van der Waals surface area contributed by atoms with Gasteiger partial charge in [-0.05, 0) is 31.5 Å². The number of nitrogens with two attached hydrogens (primary N) is 1. The predicted molar refractivity (Wildman–Crippen MR) is 66.6 cm³/mol. The maximum Gasteiger partial charge on any atom is 0.123 e. The summed E-state index contributed by atoms with van der Waals surface area (Å²) in [5.41, 5.74) is 6.43. The van der Waals surface area contributed by atoms with Gasteiger partial charge in [0.15, 0.2) is 0 Å². The monoisotopic (exact) mass is 234 g/mol. The predicted octanol–water partition coefficient (Wildman–Crippen LogP) is 2.41. The van der Waals surface area contributed by atoms with Crippen molar-refractivity contribution < 1.29 is 5.11 Å². The van der Waals surface area contributed by atoms with Crippen LogP contribution in [0, 0.1) is 0 Å². The second-order valence-electron chi connectivity index (χ2n) is 3.57. The van der Waals surface area contributed by atoms with Crippen molar-refractivity contribution in [2.45, 2.75) is 12.8 Å². The summed E-state index contributed by atoms with van der Waals surface area (Å²) in [6, 6.07) is 7.16. The summed E-state index contributed by atoms with van der Waals surface area (Å²) in [6.07, 6.45) is 3.86. The summed E-state index contributed by atoms with van der Waals surface area (Å²) in [4.78, 5) is 5.59. The number of phenols is 1. The van der Waals surface area contributed by atoms with Crippen LogP contribution in [0.3, 0.4) is 0 Å². The molecule has 0 amide bonds. The van der Waals surface area contributed by atoms with Gasteiger partial charge in [-0.3, -0.25) is 0 Å². The molecule has 0 unspecified atom stereocenters. The van der Waals surface area contributed by atoms with Crippen LogP contribution in [0.15, 0.2) is 30.5 Å². The number of nitrogens with zero attached hydrogens (tertiary/aromatic N) is 1. The molecule has 2 aromatic rings. The topological polar surface area (TPSA) is 59.1 Å². The summed E-state index contributed by atoms with van der Waals surface area (Å²) in [7, 11) is 0. The van der Waals surface area contributed by atoms with Crippen molar-refractivity contribution in [1.29, 1.82) is 0 Å². The van der Waals surface area contributed by atoms with E-state index in [1.165, 1.54) is 4.88 Å². The van der Waals surface area contributed by atoms with Crippen LogP contribution >= 0.6 is 11.3 Å². The van der Waals surface area contributed by atoms with E-state index in [0.29, 0.717) is 6.54 Å². The van der Waals surface area contributed by atoms with Gasteiger partial charge in [0.2, 0.25) is 0 Å². The maximum atomic E-state index is 9.38. The van der Waals surface area contributed by atoms with E-state index in [1.807, 2.05) is 18.3 Å². The molecule has 0 spiro atoms. The molecule has 4 heteroatoms. The van der Waals surface area contributed by atoms with Crippen molar-refractivity contribution in [2.24, 2.45) is 5.73 Å². The van der Waals surface area contributed by atoms with Gasteiger partial charge in [0.25, 0.3) is 0 Å². The molecule has 1 heterocycles. The Morgan fingerprint density at radius 1 is 1.38 bits per heavy atom. The summed E-state index contributed by atoms with van der Waals surface area (Å²) in [5, 5.41) is 10.3. The van der Waals surface area contributed by atoms with Gasteiger partial charge < -0.3 is 10.8 Å². The molecule has 3 N–H and O–H groups in total. The lowest BCUT2D eigenvalue weighted by Crippen LogP contribution is -1.99. The molecule has 16 heavy (non-hydrogen) atoms. The smallest absolute Gasteiger partial charge is 0.123 e. The van der Waals surface area contributed by atoms with Gasteiger partial charge in [-0.15, -0.1) is 11.3 Å². The average Bonchev–Trinajstić information content (AvgIpc) is 2.75. The zero-order valence-corrected chi connectivity index (χ0v) is 9.70. The number of phenolic OH excluding ortho intramolecular Hbond substituents is 1. The van der Waals surface area contributed by atoms with Gasteiger partial charge in [0, 0.05) is 16.6 Å². The fourth-order valence-corrected chi connectivity index (χ4v) is 2.42. The van der Waals surface area contributed by atoms with Gasteiger partial charge in [-0.2, -0.15) is 0 Å². The summed E-state index contributed by atoms with van der Waals surface area (Å²) in [6.45, 7) is 0.708. The average molecular weight is 234 g/mol. The van der Waals surface area contributed by atoms with Gasteiger partial charge in [0.05, 0.1) is 0 Å². The van der Waals surface area contributed by atoms with E-state index in [0.717, 1.165) is 23.4 Å². The zero-order chi connectivity index (χ0) is 11.4. The molecule has 0 saturated heterocycles. The van der Waals surface area contributed by atoms with E-state index < -0.39 is 0 Å². The summed E-state index contributed by atoms with van der Waals surface area (Å²) < 4.78 is 0. The van der Waals surface area contributed by atoms with Gasteiger partial charge in [-0.25, -0.2) is 4.98 Å². The molecule has 0 fully saturated rings. The quantitative estimate of drug-likeness (QED) is 0.854. The van der Waals surface area contributed by atoms with Crippen LogP contribution in [-0.4, -0.2) is 16.6 Å². The molecule has 0 bridgehead atoms. The Labute approximate surface area is 98.6 Å². The molecule has 1 aromatic carbocycles. The van der Waals surface area contributed by atoms with Crippen LogP contribution in [0.4, 0.5) is 0 Å². The van der Waals surface area contributed by atoms with Crippen molar-refractivity contribution >= 4 is 11.3 Å². The number of benzene rings is 1. The highest BCUT2D eigenvalue weighted by Gasteiger charge is 2.04. The zero-order valence-electron chi connectivity index (χ0n) is 8.89. The summed E-state index contributed by atoms with van der Waals surface area (Å²) >= 11 is 1.66. The van der Waals surface area contributed by atoms with E-state index in [-0.39, 0.29) is 5.75 Å². The number of hydrogen-bond donors (Lipinski definition) is 2. The molecule has 0 atom stereocenters. The minimum absolute atomic E-state index is 0.274. The third-order valence-corrected chi connectivity index (χ3v) is 3.38. The number of hydrogen-bond acceptors (Lipinski definition) is 4. The van der Waals surface area contributed by atoms with Crippen LogP contribution in [-0.2, 0) is 6.42 Å². The number of aryl methyl sites for hydroxylation is 1. The fourth-order valence-electron chi connectivity index (χ4n) is 1.47. The van der Waals surface area contributed by atoms with Gasteiger partial charge in [-0.1, -0.05) is 12.1 Å². The second kappa shape index (κ2) is 5.09. The largest absolute Gasteiger partial charge is 0.508 e. The van der Waals surface area contributed by atoms with Gasteiger partial charge in [0.1, 0.15) is 10.8 Å². The molecule has 0 radical (unpaired) electrons. The Balaban J connectivity index is 2.18. The lowest BCUT2D eigenvalue weighted by atomic mass is 10.2. The molecule has 1 aromatic heterocycles. The number of aromatic nitrogens is 1. The third kappa shape index (κ3) is 2.59. The Bertz CT molecular complexity index is 468. The Morgan fingerprint density at radius 2 is 2.25 bits per heavy atom. The molecule has 0 aliphatic heterocycles. The molecular weight excluding hydrogens is 220 g/mol. The molecular formula is C12H14N2OS. The van der Waals surface area contributed by atoms with Crippen molar-refractivity contribution in [3.8, 4) is 16.3 Å². The maximum absolute atomic E-state index is 9.38. The Kier molecular flexibility index (Phi) is 3.54. The van der Waals surface area contributed by atoms with Crippen LogP contribution in [0.2, 0.25) is 0 Å².